The van der Waals surface area contributed by atoms with E-state index in [1.54, 1.807) is 24.3 Å². The lowest BCUT2D eigenvalue weighted by Crippen LogP contribution is -2.43. The molecule has 0 radical (unpaired) electrons. The van der Waals surface area contributed by atoms with Crippen LogP contribution in [0.3, 0.4) is 0 Å². The minimum absolute atomic E-state index is 0.194. The van der Waals surface area contributed by atoms with Gasteiger partial charge >= 0.3 is 0 Å². The first-order valence-electron chi connectivity index (χ1n) is 10.1. The van der Waals surface area contributed by atoms with Gasteiger partial charge in [-0.15, -0.1) is 0 Å². The molecule has 0 aromatic heterocycles. The molecule has 0 heterocycles. The van der Waals surface area contributed by atoms with Crippen LogP contribution in [0.4, 0.5) is 0 Å². The van der Waals surface area contributed by atoms with Crippen LogP contribution in [0.15, 0.2) is 72.8 Å². The van der Waals surface area contributed by atoms with Crippen molar-refractivity contribution in [2.24, 2.45) is 0 Å². The molecule has 3 aromatic rings. The lowest BCUT2D eigenvalue weighted by atomic mass is 10.1. The van der Waals surface area contributed by atoms with Gasteiger partial charge in [-0.05, 0) is 54.8 Å². The molecule has 0 bridgehead atoms. The number of aryl methyl sites for hydroxylation is 2. The Balaban J connectivity index is 1.41. The first kappa shape index (κ1) is 21.9. The number of ether oxygens (including phenoxy) is 2. The van der Waals surface area contributed by atoms with E-state index >= 15 is 0 Å². The molecule has 0 saturated heterocycles. The maximum absolute atomic E-state index is 12.2. The van der Waals surface area contributed by atoms with Crippen LogP contribution < -0.4 is 20.3 Å². The van der Waals surface area contributed by atoms with Gasteiger partial charge in [-0.2, -0.15) is 0 Å². The summed E-state index contributed by atoms with van der Waals surface area (Å²) in [5.74, 6) is 0.485. The Morgan fingerprint density at radius 1 is 0.774 bits per heavy atom. The molecule has 0 fully saturated rings. The predicted octanol–water partition coefficient (Wildman–Crippen LogP) is 3.76. The number of nitrogens with one attached hydrogen (secondary N) is 2. The van der Waals surface area contributed by atoms with Crippen LogP contribution >= 0.6 is 0 Å². The van der Waals surface area contributed by atoms with Crippen LogP contribution in [0.2, 0.25) is 0 Å². The molecule has 6 nitrogen and oxygen atoms in total. The summed E-state index contributed by atoms with van der Waals surface area (Å²) in [6.45, 7) is 4.18. The Labute approximate surface area is 182 Å². The van der Waals surface area contributed by atoms with Crippen molar-refractivity contribution < 1.29 is 19.1 Å². The molecule has 2 N–H and O–H groups in total. The van der Waals surface area contributed by atoms with Gasteiger partial charge in [0, 0.05) is 12.0 Å². The van der Waals surface area contributed by atoms with Crippen LogP contribution in [0, 0.1) is 13.8 Å². The van der Waals surface area contributed by atoms with Gasteiger partial charge in [0.05, 0.1) is 6.61 Å². The van der Waals surface area contributed by atoms with Gasteiger partial charge in [0.1, 0.15) is 11.5 Å². The Morgan fingerprint density at radius 3 is 2.13 bits per heavy atom. The molecular formula is C25H26N2O4. The highest BCUT2D eigenvalue weighted by molar-refractivity contribution is 5.95. The predicted molar refractivity (Wildman–Crippen MR) is 119 cm³/mol. The van der Waals surface area contributed by atoms with Gasteiger partial charge in [-0.25, -0.2) is 0 Å². The van der Waals surface area contributed by atoms with E-state index in [9.17, 15) is 9.59 Å². The van der Waals surface area contributed by atoms with Crippen molar-refractivity contribution in [1.29, 1.82) is 0 Å². The van der Waals surface area contributed by atoms with E-state index in [2.05, 4.69) is 23.0 Å². The number of benzene rings is 3. The van der Waals surface area contributed by atoms with Crippen molar-refractivity contribution in [2.75, 3.05) is 13.2 Å². The second-order valence-corrected chi connectivity index (χ2v) is 7.12. The third-order valence-electron chi connectivity index (χ3n) is 4.69. The summed E-state index contributed by atoms with van der Waals surface area (Å²) in [6.07, 6.45) is 0.805. The van der Waals surface area contributed by atoms with Crippen LogP contribution in [-0.4, -0.2) is 25.0 Å². The summed E-state index contributed by atoms with van der Waals surface area (Å²) in [7, 11) is 0. The van der Waals surface area contributed by atoms with E-state index in [0.29, 0.717) is 23.7 Å². The number of para-hydroxylation sites is 1. The maximum atomic E-state index is 12.2. The quantitative estimate of drug-likeness (QED) is 0.546. The molecular weight excluding hydrogens is 392 g/mol. The summed E-state index contributed by atoms with van der Waals surface area (Å²) >= 11 is 0. The molecule has 0 atom stereocenters. The number of hydrogen-bond donors (Lipinski definition) is 2. The highest BCUT2D eigenvalue weighted by atomic mass is 16.5. The Kier molecular flexibility index (Phi) is 7.65. The fraction of sp³-hybridized carbons (Fsp3) is 0.200. The summed E-state index contributed by atoms with van der Waals surface area (Å²) in [6, 6.07) is 22.6. The lowest BCUT2D eigenvalue weighted by molar-refractivity contribution is -0.123. The summed E-state index contributed by atoms with van der Waals surface area (Å²) in [5, 5.41) is 0. The van der Waals surface area contributed by atoms with Gasteiger partial charge in [0.25, 0.3) is 11.8 Å². The van der Waals surface area contributed by atoms with E-state index in [-0.39, 0.29) is 6.61 Å². The van der Waals surface area contributed by atoms with Gasteiger partial charge in [0.2, 0.25) is 0 Å². The number of rotatable bonds is 8. The summed E-state index contributed by atoms with van der Waals surface area (Å²) in [4.78, 5) is 24.2. The number of amides is 2. The first-order chi connectivity index (χ1) is 15.0. The minimum Gasteiger partial charge on any atom is -0.493 e. The zero-order chi connectivity index (χ0) is 22.1. The molecule has 0 saturated carbocycles. The SMILES string of the molecule is Cc1cccc(C)c1OCC(=O)NNC(=O)c1ccc(OCCc2ccccc2)cc1. The summed E-state index contributed by atoms with van der Waals surface area (Å²) in [5.41, 5.74) is 8.26. The Bertz CT molecular complexity index is 997. The fourth-order valence-electron chi connectivity index (χ4n) is 3.03. The van der Waals surface area contributed by atoms with Gasteiger partial charge < -0.3 is 9.47 Å². The highest BCUT2D eigenvalue weighted by Crippen LogP contribution is 2.22. The Hall–Kier alpha value is -3.80. The van der Waals surface area contributed by atoms with Crippen molar-refractivity contribution in [1.82, 2.24) is 10.9 Å². The van der Waals surface area contributed by atoms with Gasteiger partial charge in [-0.1, -0.05) is 48.5 Å². The van der Waals surface area contributed by atoms with E-state index in [1.807, 2.05) is 50.2 Å². The smallest absolute Gasteiger partial charge is 0.276 e. The average molecular weight is 418 g/mol. The number of hydrazine groups is 1. The highest BCUT2D eigenvalue weighted by Gasteiger charge is 2.10. The molecule has 3 rings (SSSR count). The molecule has 2 amide bonds. The molecule has 0 aliphatic rings. The van der Waals surface area contributed by atoms with Crippen LogP contribution in [-0.2, 0) is 11.2 Å². The van der Waals surface area contributed by atoms with Crippen molar-refractivity contribution in [3.8, 4) is 11.5 Å². The van der Waals surface area contributed by atoms with Crippen molar-refractivity contribution in [3.63, 3.8) is 0 Å². The second-order valence-electron chi connectivity index (χ2n) is 7.12. The molecule has 0 aliphatic carbocycles. The number of carbonyl (C=O) groups excluding carboxylic acids is 2. The molecule has 0 spiro atoms. The molecule has 31 heavy (non-hydrogen) atoms. The second kappa shape index (κ2) is 10.8. The molecule has 0 aliphatic heterocycles. The van der Waals surface area contributed by atoms with Gasteiger partial charge in [0.15, 0.2) is 6.61 Å². The van der Waals surface area contributed by atoms with Crippen molar-refractivity contribution in [2.45, 2.75) is 20.3 Å². The van der Waals surface area contributed by atoms with Crippen LogP contribution in [0.1, 0.15) is 27.0 Å². The molecule has 160 valence electrons. The van der Waals surface area contributed by atoms with Crippen molar-refractivity contribution in [3.05, 3.63) is 95.1 Å². The molecule has 6 heteroatoms. The number of hydrogen-bond acceptors (Lipinski definition) is 4. The topological polar surface area (TPSA) is 76.7 Å². The lowest BCUT2D eigenvalue weighted by Gasteiger charge is -2.12. The fourth-order valence-corrected chi connectivity index (χ4v) is 3.03. The number of carbonyl (C=O) groups is 2. The third kappa shape index (κ3) is 6.60. The zero-order valence-electron chi connectivity index (χ0n) is 17.7. The normalized spacial score (nSPS) is 10.3. The minimum atomic E-state index is -0.447. The largest absolute Gasteiger partial charge is 0.493 e. The summed E-state index contributed by atoms with van der Waals surface area (Å²) < 4.78 is 11.3. The van der Waals surface area contributed by atoms with E-state index in [1.165, 1.54) is 5.56 Å². The van der Waals surface area contributed by atoms with E-state index in [0.717, 1.165) is 17.5 Å². The first-order valence-corrected chi connectivity index (χ1v) is 10.1. The van der Waals surface area contributed by atoms with Crippen LogP contribution in [0.25, 0.3) is 0 Å². The van der Waals surface area contributed by atoms with Crippen molar-refractivity contribution >= 4 is 11.8 Å². The maximum Gasteiger partial charge on any atom is 0.276 e. The monoisotopic (exact) mass is 418 g/mol. The molecule has 0 unspecified atom stereocenters. The van der Waals surface area contributed by atoms with Gasteiger partial charge in [-0.3, -0.25) is 20.4 Å². The molecule has 3 aromatic carbocycles. The van der Waals surface area contributed by atoms with E-state index < -0.39 is 11.8 Å². The van der Waals surface area contributed by atoms with Crippen LogP contribution in [0.5, 0.6) is 11.5 Å². The van der Waals surface area contributed by atoms with E-state index in [4.69, 9.17) is 9.47 Å². The average Bonchev–Trinajstić information content (AvgIpc) is 2.78. The third-order valence-corrected chi connectivity index (χ3v) is 4.69. The zero-order valence-corrected chi connectivity index (χ0v) is 17.7. The Morgan fingerprint density at radius 2 is 1.45 bits per heavy atom. The standard InChI is InChI=1S/C25H26N2O4/c1-18-7-6-8-19(2)24(18)31-17-23(28)26-27-25(29)21-11-13-22(14-12-21)30-16-15-20-9-4-3-5-10-20/h3-14H,15-17H2,1-2H3,(H,26,28)(H,27,29).